The Bertz CT molecular complexity index is 865. The molecule has 0 saturated heterocycles. The smallest absolute Gasteiger partial charge is 0.293 e. The van der Waals surface area contributed by atoms with Crippen LogP contribution in [0.1, 0.15) is 28.5 Å². The molecule has 5 nitrogen and oxygen atoms in total. The van der Waals surface area contributed by atoms with Gasteiger partial charge in [0.05, 0.1) is 5.71 Å². The molecule has 0 spiro atoms. The molecule has 3 aromatic rings. The average molecular weight is 319 g/mol. The molecule has 0 fully saturated rings. The fraction of sp³-hybridized carbons (Fsp3) is 0.105. The Morgan fingerprint density at radius 2 is 1.79 bits per heavy atom. The van der Waals surface area contributed by atoms with Crippen molar-refractivity contribution in [3.05, 3.63) is 77.5 Å². The fourth-order valence-corrected chi connectivity index (χ4v) is 2.17. The number of hydrogen-bond acceptors (Lipinski definition) is 4. The van der Waals surface area contributed by atoms with Gasteiger partial charge in [-0.1, -0.05) is 65.3 Å². The molecule has 24 heavy (non-hydrogen) atoms. The minimum atomic E-state index is -0.410. The minimum Gasteiger partial charge on any atom is -0.355 e. The van der Waals surface area contributed by atoms with Crippen molar-refractivity contribution in [2.75, 3.05) is 0 Å². The van der Waals surface area contributed by atoms with Crippen LogP contribution >= 0.6 is 0 Å². The first-order valence-electron chi connectivity index (χ1n) is 7.57. The number of benzene rings is 2. The predicted molar refractivity (Wildman–Crippen MR) is 92.8 cm³/mol. The standard InChI is InChI=1S/C19H17N3O2/c1-13-8-10-15(11-9-13)14(2)20-21-19(23)17-12-18(24-22-17)16-6-4-3-5-7-16/h3-12H,1-2H3,(H,21,23). The molecular formula is C19H17N3O2. The number of aromatic nitrogens is 1. The number of carbonyl (C=O) groups is 1. The summed E-state index contributed by atoms with van der Waals surface area (Å²) in [6.45, 7) is 3.86. The second-order valence-electron chi connectivity index (χ2n) is 5.45. The van der Waals surface area contributed by atoms with Gasteiger partial charge in [0.15, 0.2) is 11.5 Å². The van der Waals surface area contributed by atoms with Crippen LogP contribution in [0.15, 0.2) is 70.3 Å². The third-order valence-electron chi connectivity index (χ3n) is 3.60. The van der Waals surface area contributed by atoms with Crippen molar-refractivity contribution in [3.63, 3.8) is 0 Å². The van der Waals surface area contributed by atoms with Crippen molar-refractivity contribution in [3.8, 4) is 11.3 Å². The summed E-state index contributed by atoms with van der Waals surface area (Å²) in [5.41, 5.74) is 6.40. The van der Waals surface area contributed by atoms with Crippen molar-refractivity contribution in [1.29, 1.82) is 0 Å². The van der Waals surface area contributed by atoms with E-state index in [1.807, 2.05) is 68.4 Å². The molecule has 120 valence electrons. The van der Waals surface area contributed by atoms with Crippen LogP contribution in [0.25, 0.3) is 11.3 Å². The largest absolute Gasteiger partial charge is 0.355 e. The molecule has 0 radical (unpaired) electrons. The Morgan fingerprint density at radius 1 is 1.08 bits per heavy atom. The van der Waals surface area contributed by atoms with Gasteiger partial charge in [-0.2, -0.15) is 5.10 Å². The van der Waals surface area contributed by atoms with Gasteiger partial charge in [0, 0.05) is 11.6 Å². The summed E-state index contributed by atoms with van der Waals surface area (Å²) in [6, 6.07) is 19.0. The normalized spacial score (nSPS) is 11.3. The summed E-state index contributed by atoms with van der Waals surface area (Å²) in [4.78, 5) is 12.1. The third-order valence-corrected chi connectivity index (χ3v) is 3.60. The highest BCUT2D eigenvalue weighted by Crippen LogP contribution is 2.19. The van der Waals surface area contributed by atoms with E-state index in [1.54, 1.807) is 6.07 Å². The van der Waals surface area contributed by atoms with E-state index < -0.39 is 5.91 Å². The second-order valence-corrected chi connectivity index (χ2v) is 5.45. The highest BCUT2D eigenvalue weighted by Gasteiger charge is 2.13. The molecule has 0 bridgehead atoms. The Hall–Kier alpha value is -3.21. The van der Waals surface area contributed by atoms with Crippen LogP contribution < -0.4 is 5.43 Å². The van der Waals surface area contributed by atoms with Gasteiger partial charge in [-0.15, -0.1) is 0 Å². The Labute approximate surface area is 140 Å². The van der Waals surface area contributed by atoms with Crippen molar-refractivity contribution < 1.29 is 9.32 Å². The van der Waals surface area contributed by atoms with E-state index in [4.69, 9.17) is 4.52 Å². The molecule has 0 aliphatic carbocycles. The second kappa shape index (κ2) is 6.91. The zero-order chi connectivity index (χ0) is 16.9. The topological polar surface area (TPSA) is 67.5 Å². The third kappa shape index (κ3) is 3.57. The summed E-state index contributed by atoms with van der Waals surface area (Å²) in [6.07, 6.45) is 0. The summed E-state index contributed by atoms with van der Waals surface area (Å²) in [7, 11) is 0. The zero-order valence-electron chi connectivity index (χ0n) is 13.5. The fourth-order valence-electron chi connectivity index (χ4n) is 2.17. The molecule has 3 rings (SSSR count). The van der Waals surface area contributed by atoms with Crippen molar-refractivity contribution in [2.24, 2.45) is 5.10 Å². The highest BCUT2D eigenvalue weighted by molar-refractivity contribution is 6.00. The van der Waals surface area contributed by atoms with Gasteiger partial charge in [0.1, 0.15) is 0 Å². The molecule has 0 unspecified atom stereocenters. The minimum absolute atomic E-state index is 0.189. The number of nitrogens with one attached hydrogen (secondary N) is 1. The van der Waals surface area contributed by atoms with Gasteiger partial charge >= 0.3 is 0 Å². The average Bonchev–Trinajstić information content (AvgIpc) is 3.11. The van der Waals surface area contributed by atoms with Crippen LogP contribution in [0.4, 0.5) is 0 Å². The first kappa shape index (κ1) is 15.7. The van der Waals surface area contributed by atoms with E-state index in [0.29, 0.717) is 5.76 Å². The lowest BCUT2D eigenvalue weighted by Gasteiger charge is -2.02. The lowest BCUT2D eigenvalue weighted by molar-refractivity contribution is 0.0946. The number of amides is 1. The molecule has 1 amide bonds. The molecule has 0 atom stereocenters. The van der Waals surface area contributed by atoms with E-state index in [-0.39, 0.29) is 5.69 Å². The van der Waals surface area contributed by atoms with Crippen LogP contribution in [-0.2, 0) is 0 Å². The number of aryl methyl sites for hydroxylation is 1. The Balaban J connectivity index is 1.70. The van der Waals surface area contributed by atoms with Gasteiger partial charge in [0.25, 0.3) is 5.91 Å². The van der Waals surface area contributed by atoms with Crippen LogP contribution in [0, 0.1) is 6.92 Å². The number of nitrogens with zero attached hydrogens (tertiary/aromatic N) is 2. The van der Waals surface area contributed by atoms with Crippen LogP contribution in [0.5, 0.6) is 0 Å². The summed E-state index contributed by atoms with van der Waals surface area (Å²) < 4.78 is 5.22. The van der Waals surface area contributed by atoms with E-state index >= 15 is 0 Å². The van der Waals surface area contributed by atoms with Gasteiger partial charge in [0.2, 0.25) is 0 Å². The molecule has 0 aliphatic rings. The Kier molecular flexibility index (Phi) is 4.52. The number of rotatable bonds is 4. The van der Waals surface area contributed by atoms with Crippen LogP contribution in [-0.4, -0.2) is 16.8 Å². The van der Waals surface area contributed by atoms with Crippen molar-refractivity contribution in [2.45, 2.75) is 13.8 Å². The highest BCUT2D eigenvalue weighted by atomic mass is 16.5. The van der Waals surface area contributed by atoms with E-state index in [1.165, 1.54) is 5.56 Å². The summed E-state index contributed by atoms with van der Waals surface area (Å²) in [5.74, 6) is 0.132. The summed E-state index contributed by atoms with van der Waals surface area (Å²) >= 11 is 0. The quantitative estimate of drug-likeness (QED) is 0.587. The monoisotopic (exact) mass is 319 g/mol. The number of hydrazone groups is 1. The molecule has 1 heterocycles. The maximum absolute atomic E-state index is 12.1. The Morgan fingerprint density at radius 3 is 2.50 bits per heavy atom. The molecule has 2 aromatic carbocycles. The van der Waals surface area contributed by atoms with E-state index in [0.717, 1.165) is 16.8 Å². The molecule has 1 N–H and O–H groups in total. The molecule has 5 heteroatoms. The van der Waals surface area contributed by atoms with Crippen LogP contribution in [0.2, 0.25) is 0 Å². The first-order chi connectivity index (χ1) is 11.6. The zero-order valence-corrected chi connectivity index (χ0v) is 13.5. The molecule has 0 aliphatic heterocycles. The molecule has 0 saturated carbocycles. The lowest BCUT2D eigenvalue weighted by Crippen LogP contribution is -2.19. The van der Waals surface area contributed by atoms with Gasteiger partial charge in [-0.3, -0.25) is 4.79 Å². The van der Waals surface area contributed by atoms with Crippen LogP contribution in [0.3, 0.4) is 0 Å². The van der Waals surface area contributed by atoms with E-state index in [2.05, 4.69) is 15.7 Å². The molecule has 1 aromatic heterocycles. The van der Waals surface area contributed by atoms with Gasteiger partial charge in [-0.05, 0) is 19.4 Å². The first-order valence-corrected chi connectivity index (χ1v) is 7.57. The maximum atomic E-state index is 12.1. The SMILES string of the molecule is CC(=NNC(=O)c1cc(-c2ccccc2)on1)c1ccc(C)cc1. The van der Waals surface area contributed by atoms with E-state index in [9.17, 15) is 4.79 Å². The number of carbonyl (C=O) groups excluding carboxylic acids is 1. The van der Waals surface area contributed by atoms with Gasteiger partial charge < -0.3 is 4.52 Å². The van der Waals surface area contributed by atoms with Crippen molar-refractivity contribution in [1.82, 2.24) is 10.6 Å². The predicted octanol–water partition coefficient (Wildman–Crippen LogP) is 3.80. The number of hydrogen-bond donors (Lipinski definition) is 1. The van der Waals surface area contributed by atoms with Crippen molar-refractivity contribution >= 4 is 11.6 Å². The maximum Gasteiger partial charge on any atom is 0.293 e. The lowest BCUT2D eigenvalue weighted by atomic mass is 10.1. The molecular weight excluding hydrogens is 302 g/mol. The summed E-state index contributed by atoms with van der Waals surface area (Å²) in [5, 5.41) is 7.92. The van der Waals surface area contributed by atoms with Gasteiger partial charge in [-0.25, -0.2) is 5.43 Å².